The van der Waals surface area contributed by atoms with E-state index < -0.39 is 18.2 Å². The van der Waals surface area contributed by atoms with Crippen molar-refractivity contribution in [3.05, 3.63) is 60.9 Å². The molecule has 3 rings (SSSR count). The highest BCUT2D eigenvalue weighted by Crippen LogP contribution is 2.24. The van der Waals surface area contributed by atoms with E-state index >= 15 is 0 Å². The first-order chi connectivity index (χ1) is 17.5. The number of ether oxygens (including phenoxy) is 3. The molecule has 0 aliphatic rings. The number of carbonyl (C=O) groups is 1. The minimum Gasteiger partial charge on any atom is -0.491 e. The van der Waals surface area contributed by atoms with Gasteiger partial charge in [0.25, 0.3) is 0 Å². The molecule has 1 aromatic heterocycles. The van der Waals surface area contributed by atoms with Crippen LogP contribution in [0.15, 0.2) is 60.9 Å². The molecule has 3 aromatic rings. The summed E-state index contributed by atoms with van der Waals surface area (Å²) in [5, 5.41) is 0. The molecular weight excluding hydrogens is 459 g/mol. The minimum absolute atomic E-state index is 0.0638. The topological polar surface area (TPSA) is 70.5 Å². The van der Waals surface area contributed by atoms with Crippen LogP contribution in [0.1, 0.15) is 52.9 Å². The summed E-state index contributed by atoms with van der Waals surface area (Å²) < 4.78 is 30.2. The van der Waals surface area contributed by atoms with Crippen LogP contribution < -0.4 is 9.47 Å². The molecule has 1 heterocycles. The maximum Gasteiger partial charge on any atom is 0.340 e. The first-order valence-corrected chi connectivity index (χ1v) is 12.6. The minimum atomic E-state index is -0.949. The van der Waals surface area contributed by atoms with Crippen LogP contribution in [-0.4, -0.2) is 41.4 Å². The van der Waals surface area contributed by atoms with Crippen molar-refractivity contribution >= 4 is 5.97 Å². The number of halogens is 1. The van der Waals surface area contributed by atoms with Gasteiger partial charge >= 0.3 is 5.97 Å². The Morgan fingerprint density at radius 1 is 0.861 bits per heavy atom. The quantitative estimate of drug-likeness (QED) is 0.139. The van der Waals surface area contributed by atoms with E-state index in [1.807, 2.05) is 31.2 Å². The van der Waals surface area contributed by atoms with Crippen LogP contribution in [0.3, 0.4) is 0 Å². The second-order valence-corrected chi connectivity index (χ2v) is 8.68. The molecular formula is C29H35FN2O4. The maximum atomic E-state index is 13.8. The lowest BCUT2D eigenvalue weighted by molar-refractivity contribution is -0.146. The van der Waals surface area contributed by atoms with E-state index in [9.17, 15) is 9.18 Å². The van der Waals surface area contributed by atoms with Gasteiger partial charge in [-0.05, 0) is 61.7 Å². The molecule has 36 heavy (non-hydrogen) atoms. The number of esters is 1. The molecule has 0 N–H and O–H groups in total. The number of nitrogens with zero attached hydrogens (tertiary/aromatic N) is 2. The lowest BCUT2D eigenvalue weighted by Crippen LogP contribution is -2.26. The molecule has 0 amide bonds. The third-order valence-electron chi connectivity index (χ3n) is 5.67. The van der Waals surface area contributed by atoms with E-state index in [1.54, 1.807) is 43.6 Å². The molecule has 6 nitrogen and oxygen atoms in total. The fraction of sp³-hybridized carbons (Fsp3) is 0.414. The van der Waals surface area contributed by atoms with Crippen molar-refractivity contribution in [2.75, 3.05) is 13.2 Å². The van der Waals surface area contributed by atoms with Crippen LogP contribution in [0.4, 0.5) is 4.39 Å². The van der Waals surface area contributed by atoms with Gasteiger partial charge in [-0.3, -0.25) is 0 Å². The molecule has 7 heteroatoms. The van der Waals surface area contributed by atoms with Crippen molar-refractivity contribution in [3.63, 3.8) is 0 Å². The van der Waals surface area contributed by atoms with Crippen molar-refractivity contribution in [2.45, 2.75) is 65.2 Å². The molecule has 0 radical (unpaired) electrons. The fourth-order valence-corrected chi connectivity index (χ4v) is 3.41. The van der Waals surface area contributed by atoms with Gasteiger partial charge in [-0.1, -0.05) is 45.2 Å². The van der Waals surface area contributed by atoms with Gasteiger partial charge in [0.05, 0.1) is 0 Å². The van der Waals surface area contributed by atoms with Crippen LogP contribution in [0.2, 0.25) is 0 Å². The lowest BCUT2D eigenvalue weighted by atomic mass is 10.1. The molecule has 2 atom stereocenters. The summed E-state index contributed by atoms with van der Waals surface area (Å²) in [6, 6.07) is 14.5. The van der Waals surface area contributed by atoms with Gasteiger partial charge in [-0.15, -0.1) is 0 Å². The Labute approximate surface area is 212 Å². The zero-order chi connectivity index (χ0) is 25.8. The average Bonchev–Trinajstić information content (AvgIpc) is 2.91. The molecule has 0 aliphatic heterocycles. The highest BCUT2D eigenvalue weighted by Gasteiger charge is 2.16. The first-order valence-electron chi connectivity index (χ1n) is 12.6. The Morgan fingerprint density at radius 3 is 2.11 bits per heavy atom. The SMILES string of the molecule is CCCCO[C@H](C)C(=O)Oc1ccc(-c2cnc(-c3ccc(OC[C@H](F)CCCC)cc3)nc2)cc1. The number of aromatic nitrogens is 2. The second kappa shape index (κ2) is 14.3. The predicted octanol–water partition coefficient (Wildman–Crippen LogP) is 6.83. The van der Waals surface area contributed by atoms with Gasteiger partial charge in [0.1, 0.15) is 24.3 Å². The average molecular weight is 495 g/mol. The standard InChI is InChI=1S/C29H35FN2O4/c1-4-6-8-25(30)20-35-26-13-11-23(12-14-26)28-31-18-24(19-32-28)22-9-15-27(16-10-22)36-29(33)21(3)34-17-7-5-2/h9-16,18-19,21,25H,4-8,17,20H2,1-3H3/t21-,25-/m1/s1. The van der Waals surface area contributed by atoms with Gasteiger partial charge in [0.15, 0.2) is 11.9 Å². The van der Waals surface area contributed by atoms with Crippen LogP contribution in [0.25, 0.3) is 22.5 Å². The van der Waals surface area contributed by atoms with E-state index in [2.05, 4.69) is 16.9 Å². The summed E-state index contributed by atoms with van der Waals surface area (Å²) in [6.45, 7) is 6.41. The zero-order valence-corrected chi connectivity index (χ0v) is 21.3. The van der Waals surface area contributed by atoms with Crippen molar-refractivity contribution < 1.29 is 23.4 Å². The largest absolute Gasteiger partial charge is 0.491 e. The number of unbranched alkanes of at least 4 members (excludes halogenated alkanes) is 2. The highest BCUT2D eigenvalue weighted by molar-refractivity contribution is 5.77. The third kappa shape index (κ3) is 8.41. The van der Waals surface area contributed by atoms with Crippen molar-refractivity contribution in [3.8, 4) is 34.0 Å². The summed E-state index contributed by atoms with van der Waals surface area (Å²) in [6.07, 6.45) is 6.22. The van der Waals surface area contributed by atoms with Crippen LogP contribution in [0, 0.1) is 0 Å². The summed E-state index contributed by atoms with van der Waals surface area (Å²) in [4.78, 5) is 21.1. The molecule has 0 unspecified atom stereocenters. The highest BCUT2D eigenvalue weighted by atomic mass is 19.1. The Balaban J connectivity index is 1.54. The van der Waals surface area contributed by atoms with Gasteiger partial charge in [-0.25, -0.2) is 19.2 Å². The van der Waals surface area contributed by atoms with Crippen LogP contribution >= 0.6 is 0 Å². The molecule has 0 saturated heterocycles. The molecule has 0 aliphatic carbocycles. The van der Waals surface area contributed by atoms with E-state index in [-0.39, 0.29) is 6.61 Å². The Hall–Kier alpha value is -3.32. The maximum absolute atomic E-state index is 13.8. The van der Waals surface area contributed by atoms with Crippen LogP contribution in [-0.2, 0) is 9.53 Å². The summed E-state index contributed by atoms with van der Waals surface area (Å²) in [5.41, 5.74) is 2.59. The van der Waals surface area contributed by atoms with Crippen molar-refractivity contribution in [1.82, 2.24) is 9.97 Å². The summed E-state index contributed by atoms with van der Waals surface area (Å²) >= 11 is 0. The normalized spacial score (nSPS) is 12.7. The van der Waals surface area contributed by atoms with Gasteiger partial charge in [-0.2, -0.15) is 0 Å². The molecule has 2 aromatic carbocycles. The van der Waals surface area contributed by atoms with Crippen molar-refractivity contribution in [2.24, 2.45) is 0 Å². The van der Waals surface area contributed by atoms with Crippen molar-refractivity contribution in [1.29, 1.82) is 0 Å². The van der Waals surface area contributed by atoms with E-state index in [0.717, 1.165) is 42.4 Å². The predicted molar refractivity (Wildman–Crippen MR) is 139 cm³/mol. The fourth-order valence-electron chi connectivity index (χ4n) is 3.41. The van der Waals surface area contributed by atoms with E-state index in [4.69, 9.17) is 14.2 Å². The number of hydrogen-bond acceptors (Lipinski definition) is 6. The summed E-state index contributed by atoms with van der Waals surface area (Å²) in [5.74, 6) is 1.25. The lowest BCUT2D eigenvalue weighted by Gasteiger charge is -2.12. The van der Waals surface area contributed by atoms with Crippen LogP contribution in [0.5, 0.6) is 11.5 Å². The van der Waals surface area contributed by atoms with Gasteiger partial charge < -0.3 is 14.2 Å². The van der Waals surface area contributed by atoms with E-state index in [1.165, 1.54) is 0 Å². The second-order valence-electron chi connectivity index (χ2n) is 8.68. The number of benzene rings is 2. The van der Waals surface area contributed by atoms with Gasteiger partial charge in [0, 0.05) is 30.1 Å². The van der Waals surface area contributed by atoms with E-state index in [0.29, 0.717) is 30.4 Å². The molecule has 0 spiro atoms. The molecule has 0 saturated carbocycles. The first kappa shape index (κ1) is 27.3. The smallest absolute Gasteiger partial charge is 0.340 e. The zero-order valence-electron chi connectivity index (χ0n) is 21.3. The molecule has 0 fully saturated rings. The Morgan fingerprint density at radius 2 is 1.47 bits per heavy atom. The monoisotopic (exact) mass is 494 g/mol. The Bertz CT molecular complexity index is 1060. The molecule has 192 valence electrons. The third-order valence-corrected chi connectivity index (χ3v) is 5.67. The number of rotatable bonds is 14. The van der Waals surface area contributed by atoms with Gasteiger partial charge in [0.2, 0.25) is 0 Å². The number of alkyl halides is 1. The number of hydrogen-bond donors (Lipinski definition) is 0. The number of carbonyl (C=O) groups excluding carboxylic acids is 1. The Kier molecular flexibility index (Phi) is 10.8. The molecule has 0 bridgehead atoms. The summed E-state index contributed by atoms with van der Waals surface area (Å²) in [7, 11) is 0.